The number of morpholine rings is 1. The van der Waals surface area contributed by atoms with E-state index in [4.69, 9.17) is 16.0 Å². The molecule has 1 rings (SSSR count). The van der Waals surface area contributed by atoms with Crippen molar-refractivity contribution in [2.24, 2.45) is 10.8 Å². The highest BCUT2D eigenvalue weighted by Gasteiger charge is 2.19. The van der Waals surface area contributed by atoms with Crippen LogP contribution < -0.4 is 11.1 Å². The Morgan fingerprint density at radius 2 is 2.60 bits per heavy atom. The van der Waals surface area contributed by atoms with Gasteiger partial charge in [-0.25, -0.2) is 5.53 Å². The number of ether oxygens (including phenoxy) is 1. The Morgan fingerprint density at radius 3 is 3.10 bits per heavy atom. The predicted octanol–water partition coefficient (Wildman–Crippen LogP) is -0.709. The lowest BCUT2D eigenvalue weighted by atomic mass is 10.2. The first-order valence-corrected chi connectivity index (χ1v) is 3.28. The minimum Gasteiger partial charge on any atom is -0.378 e. The number of nitrogens with zero attached hydrogens (tertiary/aromatic N) is 1. The molecule has 5 nitrogen and oxygen atoms in total. The first-order valence-electron chi connectivity index (χ1n) is 3.28. The molecule has 2 unspecified atom stereocenters. The average Bonchev–Trinajstić information content (AvgIpc) is 2.05. The van der Waals surface area contributed by atoms with Gasteiger partial charge in [0.1, 0.15) is 6.17 Å². The molecule has 1 saturated heterocycles. The molecule has 1 fully saturated rings. The van der Waals surface area contributed by atoms with Crippen molar-refractivity contribution in [3.8, 4) is 0 Å². The topological polar surface area (TPSA) is 83.5 Å². The van der Waals surface area contributed by atoms with E-state index in [-0.39, 0.29) is 6.04 Å². The third-order valence-electron chi connectivity index (χ3n) is 1.51. The van der Waals surface area contributed by atoms with Gasteiger partial charge in [0.25, 0.3) is 0 Å². The zero-order valence-electron chi connectivity index (χ0n) is 5.71. The molecule has 0 amide bonds. The summed E-state index contributed by atoms with van der Waals surface area (Å²) >= 11 is 0. The highest BCUT2D eigenvalue weighted by Crippen LogP contribution is 1.97. The number of rotatable bonds is 2. The third-order valence-corrected chi connectivity index (χ3v) is 1.51. The third kappa shape index (κ3) is 1.73. The number of hydrogen-bond donors (Lipinski definition) is 3. The zero-order valence-corrected chi connectivity index (χ0v) is 5.71. The molecule has 0 aromatic rings. The van der Waals surface area contributed by atoms with Crippen molar-refractivity contribution in [2.45, 2.75) is 12.2 Å². The van der Waals surface area contributed by atoms with Crippen LogP contribution in [0.1, 0.15) is 0 Å². The van der Waals surface area contributed by atoms with Gasteiger partial charge in [-0.15, -0.1) is 0 Å². The standard InChI is InChI=1S/C5H12N4O/c6-5(9-7)4-3-10-2-1-8-4/h4-5,7-8H,1-3,6H2. The molecule has 5 heteroatoms. The van der Waals surface area contributed by atoms with Gasteiger partial charge in [-0.3, -0.25) is 0 Å². The molecular formula is C5H12N4O. The normalized spacial score (nSPS) is 29.5. The first kappa shape index (κ1) is 7.59. The first-order chi connectivity index (χ1) is 4.84. The molecule has 0 spiro atoms. The summed E-state index contributed by atoms with van der Waals surface area (Å²) in [6, 6.07) is 0.0197. The van der Waals surface area contributed by atoms with Gasteiger partial charge >= 0.3 is 0 Å². The van der Waals surface area contributed by atoms with Gasteiger partial charge in [0.05, 0.1) is 19.3 Å². The van der Waals surface area contributed by atoms with Crippen LogP contribution in [0.2, 0.25) is 0 Å². The van der Waals surface area contributed by atoms with Gasteiger partial charge < -0.3 is 15.8 Å². The SMILES string of the molecule is N=NC(N)C1COCCN1. The van der Waals surface area contributed by atoms with Crippen molar-refractivity contribution in [3.05, 3.63) is 0 Å². The van der Waals surface area contributed by atoms with Crippen molar-refractivity contribution in [2.75, 3.05) is 19.8 Å². The molecule has 0 saturated carbocycles. The van der Waals surface area contributed by atoms with E-state index < -0.39 is 6.17 Å². The Morgan fingerprint density at radius 1 is 1.80 bits per heavy atom. The van der Waals surface area contributed by atoms with Crippen LogP contribution in [0.3, 0.4) is 0 Å². The van der Waals surface area contributed by atoms with E-state index in [9.17, 15) is 0 Å². The van der Waals surface area contributed by atoms with Crippen LogP contribution in [0.5, 0.6) is 0 Å². The van der Waals surface area contributed by atoms with Crippen molar-refractivity contribution >= 4 is 0 Å². The minimum atomic E-state index is -0.458. The molecule has 1 heterocycles. The second-order valence-corrected chi connectivity index (χ2v) is 2.26. The van der Waals surface area contributed by atoms with E-state index in [0.29, 0.717) is 6.61 Å². The van der Waals surface area contributed by atoms with Crippen LogP contribution >= 0.6 is 0 Å². The van der Waals surface area contributed by atoms with Gasteiger partial charge in [0.2, 0.25) is 0 Å². The Labute approximate surface area is 59.4 Å². The maximum Gasteiger partial charge on any atom is 0.135 e. The Kier molecular flexibility index (Phi) is 2.73. The summed E-state index contributed by atoms with van der Waals surface area (Å²) in [4.78, 5) is 0. The van der Waals surface area contributed by atoms with Crippen molar-refractivity contribution < 1.29 is 4.74 Å². The molecule has 0 aliphatic carbocycles. The highest BCUT2D eigenvalue weighted by molar-refractivity contribution is 4.77. The maximum absolute atomic E-state index is 6.65. The quantitative estimate of drug-likeness (QED) is 0.448. The van der Waals surface area contributed by atoms with Crippen molar-refractivity contribution in [3.63, 3.8) is 0 Å². The van der Waals surface area contributed by atoms with Crippen LogP contribution in [0.15, 0.2) is 5.11 Å². The fraction of sp³-hybridized carbons (Fsp3) is 1.00. The number of nitrogens with two attached hydrogens (primary N) is 1. The summed E-state index contributed by atoms with van der Waals surface area (Å²) in [5.74, 6) is 0. The lowest BCUT2D eigenvalue weighted by Crippen LogP contribution is -2.51. The van der Waals surface area contributed by atoms with Crippen LogP contribution in [0.25, 0.3) is 0 Å². The highest BCUT2D eigenvalue weighted by atomic mass is 16.5. The van der Waals surface area contributed by atoms with Gasteiger partial charge in [0.15, 0.2) is 0 Å². The second-order valence-electron chi connectivity index (χ2n) is 2.26. The largest absolute Gasteiger partial charge is 0.378 e. The van der Waals surface area contributed by atoms with Crippen molar-refractivity contribution in [1.29, 1.82) is 5.53 Å². The Hall–Kier alpha value is -0.520. The molecule has 10 heavy (non-hydrogen) atoms. The Bertz CT molecular complexity index is 112. The predicted molar refractivity (Wildman–Crippen MR) is 35.7 cm³/mol. The van der Waals surface area contributed by atoms with Gasteiger partial charge in [-0.2, -0.15) is 5.11 Å². The summed E-state index contributed by atoms with van der Waals surface area (Å²) in [5.41, 5.74) is 12.1. The van der Waals surface area contributed by atoms with E-state index in [1.165, 1.54) is 0 Å². The molecule has 0 bridgehead atoms. The number of hydrogen-bond acceptors (Lipinski definition) is 5. The summed E-state index contributed by atoms with van der Waals surface area (Å²) in [7, 11) is 0. The Balaban J connectivity index is 2.30. The summed E-state index contributed by atoms with van der Waals surface area (Å²) in [6.07, 6.45) is -0.458. The van der Waals surface area contributed by atoms with E-state index in [1.54, 1.807) is 0 Å². The molecule has 2 atom stereocenters. The molecule has 4 N–H and O–H groups in total. The summed E-state index contributed by atoms with van der Waals surface area (Å²) in [6.45, 7) is 2.08. The van der Waals surface area contributed by atoms with Gasteiger partial charge in [-0.1, -0.05) is 0 Å². The molecule has 0 aromatic heterocycles. The molecule has 1 aliphatic rings. The maximum atomic E-state index is 6.65. The minimum absolute atomic E-state index is 0.0197. The van der Waals surface area contributed by atoms with Crippen LogP contribution in [0, 0.1) is 5.53 Å². The smallest absolute Gasteiger partial charge is 0.135 e. The van der Waals surface area contributed by atoms with E-state index in [1.807, 2.05) is 0 Å². The van der Waals surface area contributed by atoms with E-state index in [2.05, 4.69) is 10.4 Å². The summed E-state index contributed by atoms with van der Waals surface area (Å²) < 4.78 is 5.12. The molecular weight excluding hydrogens is 132 g/mol. The summed E-state index contributed by atoms with van der Waals surface area (Å²) in [5, 5.41) is 6.30. The van der Waals surface area contributed by atoms with E-state index >= 15 is 0 Å². The molecule has 58 valence electrons. The molecule has 1 aliphatic heterocycles. The van der Waals surface area contributed by atoms with Crippen LogP contribution in [-0.2, 0) is 4.74 Å². The molecule has 0 aromatic carbocycles. The fourth-order valence-electron chi connectivity index (χ4n) is 0.895. The second kappa shape index (κ2) is 3.60. The van der Waals surface area contributed by atoms with Crippen LogP contribution in [0.4, 0.5) is 0 Å². The monoisotopic (exact) mass is 144 g/mol. The lowest BCUT2D eigenvalue weighted by molar-refractivity contribution is 0.0684. The van der Waals surface area contributed by atoms with Crippen molar-refractivity contribution in [1.82, 2.24) is 5.32 Å². The number of nitrogens with one attached hydrogen (secondary N) is 2. The van der Waals surface area contributed by atoms with Gasteiger partial charge in [-0.05, 0) is 0 Å². The molecule has 0 radical (unpaired) electrons. The van der Waals surface area contributed by atoms with E-state index in [0.717, 1.165) is 13.2 Å². The van der Waals surface area contributed by atoms with Crippen LogP contribution in [-0.4, -0.2) is 32.0 Å². The zero-order chi connectivity index (χ0) is 7.40. The average molecular weight is 144 g/mol. The fourth-order valence-corrected chi connectivity index (χ4v) is 0.895. The lowest BCUT2D eigenvalue weighted by Gasteiger charge is -2.25. The van der Waals surface area contributed by atoms with Gasteiger partial charge in [0, 0.05) is 6.54 Å².